The fourth-order valence-electron chi connectivity index (χ4n) is 4.82. The summed E-state index contributed by atoms with van der Waals surface area (Å²) in [5, 5.41) is 3.18. The van der Waals surface area contributed by atoms with Gasteiger partial charge < -0.3 is 15.0 Å². The third-order valence-corrected chi connectivity index (χ3v) is 7.00. The largest absolute Gasteiger partial charge is 0.436 e. The van der Waals surface area contributed by atoms with Gasteiger partial charge in [0.05, 0.1) is 0 Å². The number of hydrogen-bond donors (Lipinski definition) is 1. The molecule has 1 N–H and O–H groups in total. The summed E-state index contributed by atoms with van der Waals surface area (Å²) in [6.07, 6.45) is 9.84. The van der Waals surface area contributed by atoms with Crippen molar-refractivity contribution in [2.24, 2.45) is 5.92 Å². The number of aryl methyl sites for hydroxylation is 1. The molecule has 0 bridgehead atoms. The zero-order valence-electron chi connectivity index (χ0n) is 20.0. The number of carbonyl (C=O) groups excluding carboxylic acids is 1. The molecule has 0 radical (unpaired) electrons. The minimum atomic E-state index is 0.0580. The zero-order valence-corrected chi connectivity index (χ0v) is 20.0. The maximum absolute atomic E-state index is 12.7. The number of hydrogen-bond acceptors (Lipinski definition) is 6. The van der Waals surface area contributed by atoms with Crippen LogP contribution in [-0.2, 0) is 11.2 Å². The van der Waals surface area contributed by atoms with Crippen molar-refractivity contribution in [3.8, 4) is 11.6 Å². The van der Waals surface area contributed by atoms with Gasteiger partial charge in [-0.1, -0.05) is 25.5 Å². The van der Waals surface area contributed by atoms with E-state index in [9.17, 15) is 4.79 Å². The van der Waals surface area contributed by atoms with E-state index in [0.29, 0.717) is 11.9 Å². The molecule has 0 saturated carbocycles. The molecule has 7 heteroatoms. The Morgan fingerprint density at radius 2 is 1.82 bits per heavy atom. The number of ether oxygens (including phenoxy) is 1. The summed E-state index contributed by atoms with van der Waals surface area (Å²) >= 11 is 0. The summed E-state index contributed by atoms with van der Waals surface area (Å²) in [4.78, 5) is 26.4. The van der Waals surface area contributed by atoms with Crippen LogP contribution in [-0.4, -0.2) is 59.5 Å². The molecule has 4 rings (SSSR count). The van der Waals surface area contributed by atoms with Crippen LogP contribution >= 0.6 is 0 Å². The van der Waals surface area contributed by atoms with Crippen LogP contribution in [0.2, 0.25) is 0 Å². The smallest absolute Gasteiger partial charge is 0.263 e. The standard InChI is InChI=1S/C26H37N5O2/c1-3-21-7-9-23(10-8-21)33-26-24(27-13-14-29-26)31-17-11-22(12-18-31)25(32)28-15-19-30-16-5-4-6-20(30)2/h7-10,13-14,20,22H,3-6,11-12,15-19H2,1-2H3,(H,28,32). The monoisotopic (exact) mass is 451 g/mol. The number of nitrogens with one attached hydrogen (secondary N) is 1. The van der Waals surface area contributed by atoms with Gasteiger partial charge >= 0.3 is 0 Å². The second-order valence-electron chi connectivity index (χ2n) is 9.22. The average Bonchev–Trinajstić information content (AvgIpc) is 2.86. The van der Waals surface area contributed by atoms with Crippen molar-refractivity contribution in [2.45, 2.75) is 58.4 Å². The third kappa shape index (κ3) is 6.22. The van der Waals surface area contributed by atoms with E-state index in [2.05, 4.69) is 51.1 Å². The van der Waals surface area contributed by atoms with Crippen molar-refractivity contribution in [3.63, 3.8) is 0 Å². The molecule has 1 amide bonds. The maximum atomic E-state index is 12.7. The molecule has 1 aromatic carbocycles. The molecule has 2 aliphatic heterocycles. The van der Waals surface area contributed by atoms with Gasteiger partial charge in [0.2, 0.25) is 5.91 Å². The Morgan fingerprint density at radius 1 is 1.06 bits per heavy atom. The fourth-order valence-corrected chi connectivity index (χ4v) is 4.82. The van der Waals surface area contributed by atoms with E-state index < -0.39 is 0 Å². The number of nitrogens with zero attached hydrogens (tertiary/aromatic N) is 4. The first kappa shape index (κ1) is 23.5. The lowest BCUT2D eigenvalue weighted by Crippen LogP contribution is -2.45. The molecule has 3 heterocycles. The Balaban J connectivity index is 1.27. The van der Waals surface area contributed by atoms with Crippen LogP contribution in [0, 0.1) is 5.92 Å². The first-order valence-corrected chi connectivity index (χ1v) is 12.5. The van der Waals surface area contributed by atoms with Crippen molar-refractivity contribution in [2.75, 3.05) is 37.6 Å². The summed E-state index contributed by atoms with van der Waals surface area (Å²) in [7, 11) is 0. The molecule has 2 aliphatic rings. The molecule has 2 saturated heterocycles. The number of anilines is 1. The van der Waals surface area contributed by atoms with Crippen molar-refractivity contribution in [1.29, 1.82) is 0 Å². The van der Waals surface area contributed by atoms with Crippen LogP contribution in [0.4, 0.5) is 5.82 Å². The number of rotatable bonds is 8. The predicted molar refractivity (Wildman–Crippen MR) is 131 cm³/mol. The molecule has 7 nitrogen and oxygen atoms in total. The number of amides is 1. The van der Waals surface area contributed by atoms with Crippen LogP contribution in [0.5, 0.6) is 11.6 Å². The van der Waals surface area contributed by atoms with Gasteiger partial charge in [-0.15, -0.1) is 0 Å². The second kappa shape index (κ2) is 11.5. The Labute approximate surface area is 197 Å². The van der Waals surface area contributed by atoms with Crippen molar-refractivity contribution < 1.29 is 9.53 Å². The van der Waals surface area contributed by atoms with E-state index in [1.807, 2.05) is 12.1 Å². The first-order valence-electron chi connectivity index (χ1n) is 12.5. The molecule has 0 spiro atoms. The van der Waals surface area contributed by atoms with Crippen LogP contribution in [0.25, 0.3) is 0 Å². The van der Waals surface area contributed by atoms with Crippen molar-refractivity contribution in [3.05, 3.63) is 42.2 Å². The molecule has 1 unspecified atom stereocenters. The molecule has 178 valence electrons. The first-order chi connectivity index (χ1) is 16.1. The van der Waals surface area contributed by atoms with Gasteiger partial charge in [-0.2, -0.15) is 0 Å². The van der Waals surface area contributed by atoms with Gasteiger partial charge in [-0.25, -0.2) is 9.97 Å². The number of carbonyl (C=O) groups is 1. The number of benzene rings is 1. The quantitative estimate of drug-likeness (QED) is 0.653. The lowest BCUT2D eigenvalue weighted by molar-refractivity contribution is -0.125. The summed E-state index contributed by atoms with van der Waals surface area (Å²) < 4.78 is 6.06. The zero-order chi connectivity index (χ0) is 23.0. The van der Waals surface area contributed by atoms with E-state index in [4.69, 9.17) is 4.74 Å². The molecular formula is C26H37N5O2. The SMILES string of the molecule is CCc1ccc(Oc2nccnc2N2CCC(C(=O)NCCN3CCCCC3C)CC2)cc1. The number of likely N-dealkylation sites (tertiary alicyclic amines) is 1. The second-order valence-corrected chi connectivity index (χ2v) is 9.22. The summed E-state index contributed by atoms with van der Waals surface area (Å²) in [6.45, 7) is 8.81. The average molecular weight is 452 g/mol. The molecular weight excluding hydrogens is 414 g/mol. The van der Waals surface area contributed by atoms with Gasteiger partial charge in [-0.05, 0) is 63.3 Å². The highest BCUT2D eigenvalue weighted by atomic mass is 16.5. The minimum absolute atomic E-state index is 0.0580. The normalized spacial score (nSPS) is 19.9. The molecule has 33 heavy (non-hydrogen) atoms. The highest BCUT2D eigenvalue weighted by molar-refractivity contribution is 5.79. The van der Waals surface area contributed by atoms with Gasteiger partial charge in [-0.3, -0.25) is 9.69 Å². The van der Waals surface area contributed by atoms with E-state index in [0.717, 1.165) is 63.6 Å². The molecule has 2 fully saturated rings. The van der Waals surface area contributed by atoms with Crippen LogP contribution in [0.3, 0.4) is 0 Å². The summed E-state index contributed by atoms with van der Waals surface area (Å²) in [5.74, 6) is 2.26. The van der Waals surface area contributed by atoms with Crippen LogP contribution in [0.15, 0.2) is 36.7 Å². The predicted octanol–water partition coefficient (Wildman–Crippen LogP) is 4.04. The molecule has 0 aliphatic carbocycles. The molecule has 2 aromatic rings. The Kier molecular flexibility index (Phi) is 8.15. The van der Waals surface area contributed by atoms with E-state index in [-0.39, 0.29) is 11.8 Å². The van der Waals surface area contributed by atoms with Gasteiger partial charge in [0.25, 0.3) is 5.88 Å². The lowest BCUT2D eigenvalue weighted by atomic mass is 9.96. The minimum Gasteiger partial charge on any atom is -0.436 e. The van der Waals surface area contributed by atoms with Crippen LogP contribution < -0.4 is 15.0 Å². The van der Waals surface area contributed by atoms with E-state index in [1.54, 1.807) is 12.4 Å². The van der Waals surface area contributed by atoms with Gasteiger partial charge in [0, 0.05) is 50.5 Å². The van der Waals surface area contributed by atoms with Gasteiger partial charge in [0.15, 0.2) is 5.82 Å². The van der Waals surface area contributed by atoms with Crippen LogP contribution in [0.1, 0.15) is 51.5 Å². The Morgan fingerprint density at radius 3 is 2.55 bits per heavy atom. The lowest BCUT2D eigenvalue weighted by Gasteiger charge is -2.34. The Bertz CT molecular complexity index is 896. The molecule has 1 atom stereocenters. The topological polar surface area (TPSA) is 70.6 Å². The van der Waals surface area contributed by atoms with E-state index >= 15 is 0 Å². The molecule has 1 aromatic heterocycles. The van der Waals surface area contributed by atoms with Gasteiger partial charge in [0.1, 0.15) is 5.75 Å². The fraction of sp³-hybridized carbons (Fsp3) is 0.577. The third-order valence-electron chi connectivity index (χ3n) is 7.00. The Hall–Kier alpha value is -2.67. The van der Waals surface area contributed by atoms with E-state index in [1.165, 1.54) is 24.8 Å². The van der Waals surface area contributed by atoms with Crippen molar-refractivity contribution in [1.82, 2.24) is 20.2 Å². The number of piperidine rings is 2. The highest BCUT2D eigenvalue weighted by Gasteiger charge is 2.27. The highest BCUT2D eigenvalue weighted by Crippen LogP contribution is 2.31. The maximum Gasteiger partial charge on any atom is 0.263 e. The summed E-state index contributed by atoms with van der Waals surface area (Å²) in [6, 6.07) is 8.71. The summed E-state index contributed by atoms with van der Waals surface area (Å²) in [5.41, 5.74) is 1.27. The van der Waals surface area contributed by atoms with Crippen molar-refractivity contribution >= 4 is 11.7 Å². The number of aromatic nitrogens is 2.